The molecule has 1 unspecified atom stereocenters. The van der Waals surface area contributed by atoms with Gasteiger partial charge < -0.3 is 10.6 Å². The molecule has 5 rings (SSSR count). The number of nitrogens with one attached hydrogen (secondary N) is 3. The van der Waals surface area contributed by atoms with Gasteiger partial charge in [0.25, 0.3) is 11.8 Å². The third-order valence-electron chi connectivity index (χ3n) is 5.77. The largest absolute Gasteiger partial charge is 0.322 e. The predicted octanol–water partition coefficient (Wildman–Crippen LogP) is 3.85. The lowest BCUT2D eigenvalue weighted by Gasteiger charge is -2.21. The van der Waals surface area contributed by atoms with E-state index in [9.17, 15) is 14.4 Å². The lowest BCUT2D eigenvalue weighted by atomic mass is 9.92. The van der Waals surface area contributed by atoms with Crippen molar-refractivity contribution in [3.8, 4) is 16.9 Å². The van der Waals surface area contributed by atoms with Gasteiger partial charge in [-0.3, -0.25) is 14.9 Å². The number of carbonyl (C=O) groups is 3. The van der Waals surface area contributed by atoms with Crippen LogP contribution in [0.15, 0.2) is 91.1 Å². The molecule has 3 aromatic carbocycles. The van der Waals surface area contributed by atoms with Crippen molar-refractivity contribution in [3.63, 3.8) is 0 Å². The van der Waals surface area contributed by atoms with E-state index in [1.54, 1.807) is 42.1 Å². The van der Waals surface area contributed by atoms with Crippen LogP contribution in [0.1, 0.15) is 22.8 Å². The summed E-state index contributed by atoms with van der Waals surface area (Å²) in [5.74, 6) is -0.792. The first-order chi connectivity index (χ1) is 16.4. The molecule has 1 aromatic heterocycles. The highest BCUT2D eigenvalue weighted by Gasteiger charge is 2.43. The number of aromatic nitrogens is 2. The molecule has 1 atom stereocenters. The summed E-state index contributed by atoms with van der Waals surface area (Å²) in [5, 5.41) is 12.5. The second kappa shape index (κ2) is 8.32. The monoisotopic (exact) mass is 451 g/mol. The molecule has 4 aromatic rings. The molecule has 1 fully saturated rings. The van der Waals surface area contributed by atoms with Gasteiger partial charge in [0.05, 0.1) is 11.3 Å². The Morgan fingerprint density at radius 2 is 1.65 bits per heavy atom. The Kier molecular flexibility index (Phi) is 5.18. The van der Waals surface area contributed by atoms with E-state index in [1.807, 2.05) is 60.7 Å². The summed E-state index contributed by atoms with van der Waals surface area (Å²) in [4.78, 5) is 37.3. The average molecular weight is 451 g/mol. The average Bonchev–Trinajstić information content (AvgIpc) is 3.42. The Hall–Kier alpha value is -4.72. The van der Waals surface area contributed by atoms with Gasteiger partial charge in [-0.25, -0.2) is 9.48 Å². The Labute approximate surface area is 195 Å². The van der Waals surface area contributed by atoms with Crippen LogP contribution in [0.25, 0.3) is 16.9 Å². The van der Waals surface area contributed by atoms with Crippen LogP contribution in [0.2, 0.25) is 0 Å². The van der Waals surface area contributed by atoms with Crippen LogP contribution in [0.4, 0.5) is 10.5 Å². The molecule has 0 aliphatic carbocycles. The molecule has 168 valence electrons. The maximum absolute atomic E-state index is 13.4. The number of nitrogens with zero attached hydrogens (tertiary/aromatic N) is 2. The first-order valence-electron chi connectivity index (χ1n) is 10.7. The minimum atomic E-state index is -1.22. The molecule has 1 aliphatic heterocycles. The van der Waals surface area contributed by atoms with Crippen LogP contribution >= 0.6 is 0 Å². The molecule has 2 heterocycles. The summed E-state index contributed by atoms with van der Waals surface area (Å²) in [6.45, 7) is 1.62. The normalized spacial score (nSPS) is 17.2. The standard InChI is InChI=1S/C26H21N5O3/c1-26(24(33)28-25(34)29-26)18-11-8-12-19(15-18)27-23(32)21-16-31(20-13-6-3-7-14-20)30-22(21)17-9-4-2-5-10-17/h2-16H,1H3,(H,27,32)(H2,28,29,33,34). The number of anilines is 1. The third kappa shape index (κ3) is 3.81. The smallest absolute Gasteiger partial charge is 0.322 e. The highest BCUT2D eigenvalue weighted by atomic mass is 16.2. The first kappa shape index (κ1) is 21.1. The number of hydrogen-bond donors (Lipinski definition) is 3. The molecular weight excluding hydrogens is 430 g/mol. The van der Waals surface area contributed by atoms with Gasteiger partial charge in [-0.2, -0.15) is 5.10 Å². The van der Waals surface area contributed by atoms with Gasteiger partial charge in [0.15, 0.2) is 0 Å². The summed E-state index contributed by atoms with van der Waals surface area (Å²) < 4.78 is 1.67. The topological polar surface area (TPSA) is 105 Å². The van der Waals surface area contributed by atoms with Crippen LogP contribution in [-0.4, -0.2) is 27.6 Å². The van der Waals surface area contributed by atoms with Crippen molar-refractivity contribution in [2.45, 2.75) is 12.5 Å². The van der Waals surface area contributed by atoms with Crippen molar-refractivity contribution in [2.75, 3.05) is 5.32 Å². The van der Waals surface area contributed by atoms with Gasteiger partial charge in [0.1, 0.15) is 11.2 Å². The Bertz CT molecular complexity index is 1400. The van der Waals surface area contributed by atoms with Gasteiger partial charge in [0, 0.05) is 17.4 Å². The van der Waals surface area contributed by atoms with Gasteiger partial charge in [0.2, 0.25) is 0 Å². The highest BCUT2D eigenvalue weighted by molar-refractivity contribution is 6.09. The van der Waals surface area contributed by atoms with Gasteiger partial charge in [-0.05, 0) is 36.8 Å². The Morgan fingerprint density at radius 1 is 0.941 bits per heavy atom. The van der Waals surface area contributed by atoms with Crippen molar-refractivity contribution in [1.82, 2.24) is 20.4 Å². The molecule has 8 nitrogen and oxygen atoms in total. The summed E-state index contributed by atoms with van der Waals surface area (Å²) in [7, 11) is 0. The van der Waals surface area contributed by atoms with Gasteiger partial charge in [-0.15, -0.1) is 0 Å². The molecular formula is C26H21N5O3. The van der Waals surface area contributed by atoms with E-state index in [0.29, 0.717) is 22.5 Å². The van der Waals surface area contributed by atoms with E-state index >= 15 is 0 Å². The summed E-state index contributed by atoms with van der Waals surface area (Å²) in [6, 6.07) is 25.3. The highest BCUT2D eigenvalue weighted by Crippen LogP contribution is 2.28. The van der Waals surface area contributed by atoms with Crippen LogP contribution in [0.5, 0.6) is 0 Å². The van der Waals surface area contributed by atoms with Crippen molar-refractivity contribution in [1.29, 1.82) is 0 Å². The molecule has 1 aliphatic rings. The summed E-state index contributed by atoms with van der Waals surface area (Å²) in [6.07, 6.45) is 1.70. The van der Waals surface area contributed by atoms with E-state index in [1.165, 1.54) is 0 Å². The van der Waals surface area contributed by atoms with E-state index in [2.05, 4.69) is 21.0 Å². The second-order valence-corrected chi connectivity index (χ2v) is 8.11. The van der Waals surface area contributed by atoms with E-state index in [0.717, 1.165) is 11.3 Å². The number of benzene rings is 3. The van der Waals surface area contributed by atoms with Gasteiger partial charge >= 0.3 is 6.03 Å². The van der Waals surface area contributed by atoms with Crippen LogP contribution in [-0.2, 0) is 10.3 Å². The molecule has 0 bridgehead atoms. The number of amides is 4. The van der Waals surface area contributed by atoms with Crippen molar-refractivity contribution >= 4 is 23.5 Å². The van der Waals surface area contributed by atoms with E-state index in [4.69, 9.17) is 0 Å². The molecule has 0 saturated carbocycles. The zero-order valence-electron chi connectivity index (χ0n) is 18.3. The van der Waals surface area contributed by atoms with Crippen molar-refractivity contribution in [3.05, 3.63) is 102 Å². The summed E-state index contributed by atoms with van der Waals surface area (Å²) >= 11 is 0. The van der Waals surface area contributed by atoms with Crippen LogP contribution in [0, 0.1) is 0 Å². The SMILES string of the molecule is CC1(c2cccc(NC(=O)c3cn(-c4ccccc4)nc3-c3ccccc3)c2)NC(=O)NC1=O. The molecule has 4 amide bonds. The Balaban J connectivity index is 1.49. The van der Waals surface area contributed by atoms with Crippen molar-refractivity contribution < 1.29 is 14.4 Å². The minimum Gasteiger partial charge on any atom is -0.322 e. The van der Waals surface area contributed by atoms with Crippen LogP contribution in [0.3, 0.4) is 0 Å². The van der Waals surface area contributed by atoms with E-state index in [-0.39, 0.29) is 5.91 Å². The van der Waals surface area contributed by atoms with Crippen LogP contribution < -0.4 is 16.0 Å². The minimum absolute atomic E-state index is 0.344. The predicted molar refractivity (Wildman–Crippen MR) is 127 cm³/mol. The fourth-order valence-electron chi connectivity index (χ4n) is 3.92. The van der Waals surface area contributed by atoms with Crippen molar-refractivity contribution in [2.24, 2.45) is 0 Å². The maximum Gasteiger partial charge on any atom is 0.322 e. The molecule has 1 saturated heterocycles. The number of imide groups is 1. The quantitative estimate of drug-likeness (QED) is 0.401. The molecule has 0 spiro atoms. The zero-order chi connectivity index (χ0) is 23.7. The fraction of sp³-hybridized carbons (Fsp3) is 0.0769. The number of urea groups is 1. The molecule has 8 heteroatoms. The lowest BCUT2D eigenvalue weighted by Crippen LogP contribution is -2.40. The third-order valence-corrected chi connectivity index (χ3v) is 5.77. The molecule has 3 N–H and O–H groups in total. The molecule has 0 radical (unpaired) electrons. The number of carbonyl (C=O) groups excluding carboxylic acids is 3. The van der Waals surface area contributed by atoms with E-state index < -0.39 is 17.5 Å². The lowest BCUT2D eigenvalue weighted by molar-refractivity contribution is -0.123. The number of hydrogen-bond acceptors (Lipinski definition) is 4. The van der Waals surface area contributed by atoms with Gasteiger partial charge in [-0.1, -0.05) is 60.7 Å². The molecule has 34 heavy (non-hydrogen) atoms. The second-order valence-electron chi connectivity index (χ2n) is 8.11. The Morgan fingerprint density at radius 3 is 2.32 bits per heavy atom. The first-order valence-corrected chi connectivity index (χ1v) is 10.7. The number of rotatable bonds is 5. The zero-order valence-corrected chi connectivity index (χ0v) is 18.3. The summed E-state index contributed by atoms with van der Waals surface area (Å²) in [5.41, 5.74) is 2.42. The number of para-hydroxylation sites is 1. The maximum atomic E-state index is 13.4. The fourth-order valence-corrected chi connectivity index (χ4v) is 3.92.